The van der Waals surface area contributed by atoms with Gasteiger partial charge in [0.1, 0.15) is 0 Å². The summed E-state index contributed by atoms with van der Waals surface area (Å²) in [5, 5.41) is 3.12. The summed E-state index contributed by atoms with van der Waals surface area (Å²) in [4.78, 5) is 14.6. The SMILES string of the molecule is CNCCCC(=O)N(C1CCC(C)CC1)C1CC1.Cl. The van der Waals surface area contributed by atoms with Crippen LogP contribution in [0, 0.1) is 5.92 Å². The molecule has 1 amide bonds. The molecule has 0 aromatic carbocycles. The van der Waals surface area contributed by atoms with Gasteiger partial charge in [0.2, 0.25) is 5.91 Å². The number of amides is 1. The number of nitrogens with one attached hydrogen (secondary N) is 1. The molecule has 0 aromatic rings. The second-order valence-corrected chi connectivity index (χ2v) is 6.15. The van der Waals surface area contributed by atoms with Crippen molar-refractivity contribution in [3.63, 3.8) is 0 Å². The van der Waals surface area contributed by atoms with Gasteiger partial charge in [-0.2, -0.15) is 0 Å². The third-order valence-corrected chi connectivity index (χ3v) is 4.42. The Hall–Kier alpha value is -0.280. The van der Waals surface area contributed by atoms with Crippen molar-refractivity contribution in [1.82, 2.24) is 10.2 Å². The number of carbonyl (C=O) groups excluding carboxylic acids is 1. The van der Waals surface area contributed by atoms with Crippen LogP contribution in [0.3, 0.4) is 0 Å². The fourth-order valence-corrected chi connectivity index (χ4v) is 3.12. The fraction of sp³-hybridized carbons (Fsp3) is 0.933. The average molecular weight is 289 g/mol. The lowest BCUT2D eigenvalue weighted by atomic mass is 9.86. The summed E-state index contributed by atoms with van der Waals surface area (Å²) in [5.41, 5.74) is 0. The number of hydrogen-bond acceptors (Lipinski definition) is 2. The molecular formula is C15H29ClN2O. The van der Waals surface area contributed by atoms with Crippen molar-refractivity contribution in [2.24, 2.45) is 5.92 Å². The maximum absolute atomic E-state index is 12.4. The molecule has 0 heterocycles. The highest BCUT2D eigenvalue weighted by Gasteiger charge is 2.37. The highest BCUT2D eigenvalue weighted by atomic mass is 35.5. The third-order valence-electron chi connectivity index (χ3n) is 4.42. The van der Waals surface area contributed by atoms with E-state index in [-0.39, 0.29) is 12.4 Å². The highest BCUT2D eigenvalue weighted by molar-refractivity contribution is 5.85. The van der Waals surface area contributed by atoms with E-state index in [1.165, 1.54) is 38.5 Å². The molecule has 2 saturated carbocycles. The highest BCUT2D eigenvalue weighted by Crippen LogP contribution is 2.35. The van der Waals surface area contributed by atoms with Crippen LogP contribution in [0.5, 0.6) is 0 Å². The molecule has 0 unspecified atom stereocenters. The van der Waals surface area contributed by atoms with Crippen molar-refractivity contribution in [2.45, 2.75) is 70.4 Å². The Morgan fingerprint density at radius 3 is 2.11 bits per heavy atom. The van der Waals surface area contributed by atoms with Gasteiger partial charge in [0.25, 0.3) is 0 Å². The minimum absolute atomic E-state index is 0. The largest absolute Gasteiger partial charge is 0.337 e. The van der Waals surface area contributed by atoms with Crippen LogP contribution in [-0.4, -0.2) is 36.5 Å². The van der Waals surface area contributed by atoms with E-state index in [0.717, 1.165) is 25.3 Å². The zero-order valence-electron chi connectivity index (χ0n) is 12.4. The lowest BCUT2D eigenvalue weighted by Gasteiger charge is -2.36. The van der Waals surface area contributed by atoms with E-state index in [9.17, 15) is 4.79 Å². The number of halogens is 1. The van der Waals surface area contributed by atoms with Crippen molar-refractivity contribution >= 4 is 18.3 Å². The quantitative estimate of drug-likeness (QED) is 0.762. The van der Waals surface area contributed by atoms with Crippen LogP contribution < -0.4 is 5.32 Å². The molecule has 0 aliphatic heterocycles. The van der Waals surface area contributed by atoms with Gasteiger partial charge in [-0.25, -0.2) is 0 Å². The molecule has 0 saturated heterocycles. The summed E-state index contributed by atoms with van der Waals surface area (Å²) in [6.07, 6.45) is 9.25. The number of rotatable bonds is 6. The molecule has 3 nitrogen and oxygen atoms in total. The van der Waals surface area contributed by atoms with Crippen LogP contribution >= 0.6 is 12.4 Å². The molecule has 0 radical (unpaired) electrons. The molecular weight excluding hydrogens is 260 g/mol. The Morgan fingerprint density at radius 1 is 1.11 bits per heavy atom. The summed E-state index contributed by atoms with van der Waals surface area (Å²) in [7, 11) is 1.95. The lowest BCUT2D eigenvalue weighted by Crippen LogP contribution is -2.43. The summed E-state index contributed by atoms with van der Waals surface area (Å²) >= 11 is 0. The van der Waals surface area contributed by atoms with Crippen molar-refractivity contribution in [3.05, 3.63) is 0 Å². The van der Waals surface area contributed by atoms with E-state index in [2.05, 4.69) is 17.1 Å². The fourth-order valence-electron chi connectivity index (χ4n) is 3.12. The van der Waals surface area contributed by atoms with Crippen LogP contribution in [0.25, 0.3) is 0 Å². The Kier molecular flexibility index (Phi) is 7.16. The lowest BCUT2D eigenvalue weighted by molar-refractivity contribution is -0.135. The Labute approximate surface area is 123 Å². The summed E-state index contributed by atoms with van der Waals surface area (Å²) in [6.45, 7) is 3.29. The van der Waals surface area contributed by atoms with E-state index < -0.39 is 0 Å². The zero-order chi connectivity index (χ0) is 13.0. The number of nitrogens with zero attached hydrogens (tertiary/aromatic N) is 1. The van der Waals surface area contributed by atoms with Gasteiger partial charge in [-0.15, -0.1) is 12.4 Å². The minimum atomic E-state index is 0. The number of carbonyl (C=O) groups is 1. The molecule has 1 N–H and O–H groups in total. The molecule has 0 bridgehead atoms. The van der Waals surface area contributed by atoms with E-state index in [1.807, 2.05) is 7.05 Å². The van der Waals surface area contributed by atoms with Crippen LogP contribution in [0.1, 0.15) is 58.3 Å². The van der Waals surface area contributed by atoms with Gasteiger partial charge in [0, 0.05) is 18.5 Å². The Balaban J connectivity index is 0.00000180. The van der Waals surface area contributed by atoms with E-state index in [0.29, 0.717) is 18.0 Å². The molecule has 2 aliphatic carbocycles. The minimum Gasteiger partial charge on any atom is -0.337 e. The van der Waals surface area contributed by atoms with Crippen LogP contribution in [-0.2, 0) is 4.79 Å². The predicted molar refractivity (Wildman–Crippen MR) is 81.7 cm³/mol. The van der Waals surface area contributed by atoms with Crippen LogP contribution in [0.2, 0.25) is 0 Å². The maximum Gasteiger partial charge on any atom is 0.223 e. The normalized spacial score (nSPS) is 26.6. The first-order valence-corrected chi connectivity index (χ1v) is 7.68. The van der Waals surface area contributed by atoms with E-state index in [1.54, 1.807) is 0 Å². The zero-order valence-corrected chi connectivity index (χ0v) is 13.2. The van der Waals surface area contributed by atoms with Gasteiger partial charge in [-0.05, 0) is 64.5 Å². The summed E-state index contributed by atoms with van der Waals surface area (Å²) in [5.74, 6) is 1.27. The van der Waals surface area contributed by atoms with E-state index in [4.69, 9.17) is 0 Å². The molecule has 0 aromatic heterocycles. The summed E-state index contributed by atoms with van der Waals surface area (Å²) < 4.78 is 0. The standard InChI is InChI=1S/C15H28N2O.ClH/c1-12-5-7-13(8-6-12)17(14-9-10-14)15(18)4-3-11-16-2;/h12-14,16H,3-11H2,1-2H3;1H. The first-order chi connectivity index (χ1) is 8.72. The van der Waals surface area contributed by atoms with Gasteiger partial charge in [0.15, 0.2) is 0 Å². The molecule has 0 atom stereocenters. The van der Waals surface area contributed by atoms with Crippen molar-refractivity contribution < 1.29 is 4.79 Å². The monoisotopic (exact) mass is 288 g/mol. The van der Waals surface area contributed by atoms with Gasteiger partial charge in [0.05, 0.1) is 0 Å². The van der Waals surface area contributed by atoms with Gasteiger partial charge in [-0.3, -0.25) is 4.79 Å². The second kappa shape index (κ2) is 8.11. The van der Waals surface area contributed by atoms with Crippen molar-refractivity contribution in [1.29, 1.82) is 0 Å². The van der Waals surface area contributed by atoms with Gasteiger partial charge >= 0.3 is 0 Å². The van der Waals surface area contributed by atoms with Gasteiger partial charge < -0.3 is 10.2 Å². The Bertz CT molecular complexity index is 273. The smallest absolute Gasteiger partial charge is 0.223 e. The predicted octanol–water partition coefficient (Wildman–Crippen LogP) is 2.98. The van der Waals surface area contributed by atoms with Crippen LogP contribution in [0.4, 0.5) is 0 Å². The first-order valence-electron chi connectivity index (χ1n) is 7.68. The Morgan fingerprint density at radius 2 is 1.63 bits per heavy atom. The molecule has 19 heavy (non-hydrogen) atoms. The molecule has 4 heteroatoms. The van der Waals surface area contributed by atoms with Crippen molar-refractivity contribution in [3.8, 4) is 0 Å². The second-order valence-electron chi connectivity index (χ2n) is 6.15. The average Bonchev–Trinajstić information content (AvgIpc) is 3.17. The van der Waals surface area contributed by atoms with E-state index >= 15 is 0 Å². The number of hydrogen-bond donors (Lipinski definition) is 1. The molecule has 2 fully saturated rings. The molecule has 0 spiro atoms. The van der Waals surface area contributed by atoms with Gasteiger partial charge in [-0.1, -0.05) is 6.92 Å². The topological polar surface area (TPSA) is 32.3 Å². The van der Waals surface area contributed by atoms with Crippen molar-refractivity contribution in [2.75, 3.05) is 13.6 Å². The molecule has 2 aliphatic rings. The third kappa shape index (κ3) is 4.96. The molecule has 2 rings (SSSR count). The molecule has 112 valence electrons. The van der Waals surface area contributed by atoms with Crippen LogP contribution in [0.15, 0.2) is 0 Å². The maximum atomic E-state index is 12.4. The summed E-state index contributed by atoms with van der Waals surface area (Å²) in [6, 6.07) is 1.14. The first kappa shape index (κ1) is 16.8.